The summed E-state index contributed by atoms with van der Waals surface area (Å²) in [6.45, 7) is 2.43. The van der Waals surface area contributed by atoms with Crippen LogP contribution in [-0.2, 0) is 4.79 Å². The highest BCUT2D eigenvalue weighted by Crippen LogP contribution is 2.16. The molecule has 0 saturated carbocycles. The quantitative estimate of drug-likeness (QED) is 0.667. The largest absolute Gasteiger partial charge is 0.481 e. The predicted octanol–water partition coefficient (Wildman–Crippen LogP) is 3.60. The standard InChI is InChI=1S/C18H22ClN3O3/c1-13-11-16(21-22(13)15-8-6-7-14(19)12-15)18(25)20-10-5-3-2-4-9-17(23)24/h6-8,11-12H,2-5,9-10H2,1H3,(H,20,25)(H,23,24). The number of amides is 1. The van der Waals surface area contributed by atoms with E-state index in [1.807, 2.05) is 19.1 Å². The van der Waals surface area contributed by atoms with Gasteiger partial charge >= 0.3 is 5.97 Å². The van der Waals surface area contributed by atoms with Crippen LogP contribution in [0.15, 0.2) is 30.3 Å². The summed E-state index contributed by atoms with van der Waals surface area (Å²) in [7, 11) is 0. The third kappa shape index (κ3) is 5.90. The molecule has 134 valence electrons. The number of carboxylic acids is 1. The molecule has 0 fully saturated rings. The summed E-state index contributed by atoms with van der Waals surface area (Å²) < 4.78 is 1.69. The van der Waals surface area contributed by atoms with Crippen LogP contribution in [0.3, 0.4) is 0 Å². The maximum atomic E-state index is 12.2. The van der Waals surface area contributed by atoms with Crippen LogP contribution in [0.1, 0.15) is 48.3 Å². The van der Waals surface area contributed by atoms with E-state index in [2.05, 4.69) is 10.4 Å². The number of carbonyl (C=O) groups is 2. The number of aliphatic carboxylic acids is 1. The fourth-order valence-electron chi connectivity index (χ4n) is 2.50. The van der Waals surface area contributed by atoms with E-state index in [9.17, 15) is 9.59 Å². The van der Waals surface area contributed by atoms with Gasteiger partial charge < -0.3 is 10.4 Å². The minimum Gasteiger partial charge on any atom is -0.481 e. The smallest absolute Gasteiger partial charge is 0.303 e. The number of carboxylic acid groups (broad SMARTS) is 1. The first-order valence-electron chi connectivity index (χ1n) is 8.30. The summed E-state index contributed by atoms with van der Waals surface area (Å²) in [5.41, 5.74) is 2.02. The molecule has 0 aliphatic rings. The van der Waals surface area contributed by atoms with Crippen molar-refractivity contribution in [3.8, 4) is 5.69 Å². The first kappa shape index (κ1) is 19.0. The van der Waals surface area contributed by atoms with Crippen molar-refractivity contribution in [1.29, 1.82) is 0 Å². The lowest BCUT2D eigenvalue weighted by Gasteiger charge is -2.04. The van der Waals surface area contributed by atoms with Gasteiger partial charge in [0, 0.05) is 23.7 Å². The Morgan fingerprint density at radius 3 is 2.68 bits per heavy atom. The molecule has 1 aromatic heterocycles. The van der Waals surface area contributed by atoms with Crippen LogP contribution < -0.4 is 5.32 Å². The van der Waals surface area contributed by atoms with Gasteiger partial charge in [-0.25, -0.2) is 4.68 Å². The van der Waals surface area contributed by atoms with Crippen LogP contribution in [0.25, 0.3) is 5.69 Å². The van der Waals surface area contributed by atoms with Crippen LogP contribution >= 0.6 is 11.6 Å². The molecule has 25 heavy (non-hydrogen) atoms. The summed E-state index contributed by atoms with van der Waals surface area (Å²) in [6, 6.07) is 9.03. The fraction of sp³-hybridized carbons (Fsp3) is 0.389. The summed E-state index contributed by atoms with van der Waals surface area (Å²) in [4.78, 5) is 22.6. The topological polar surface area (TPSA) is 84.2 Å². The van der Waals surface area contributed by atoms with E-state index in [1.165, 1.54) is 0 Å². The van der Waals surface area contributed by atoms with Gasteiger partial charge in [-0.15, -0.1) is 0 Å². The van der Waals surface area contributed by atoms with Crippen molar-refractivity contribution in [2.75, 3.05) is 6.54 Å². The third-order valence-electron chi connectivity index (χ3n) is 3.78. The van der Waals surface area contributed by atoms with Gasteiger partial charge in [-0.2, -0.15) is 5.10 Å². The van der Waals surface area contributed by atoms with Crippen LogP contribution in [0.5, 0.6) is 0 Å². The number of carbonyl (C=O) groups excluding carboxylic acids is 1. The highest BCUT2D eigenvalue weighted by atomic mass is 35.5. The maximum absolute atomic E-state index is 12.2. The molecule has 0 aliphatic heterocycles. The summed E-state index contributed by atoms with van der Waals surface area (Å²) in [5.74, 6) is -0.978. The molecule has 0 spiro atoms. The second kappa shape index (κ2) is 9.22. The zero-order valence-corrected chi connectivity index (χ0v) is 14.9. The lowest BCUT2D eigenvalue weighted by atomic mass is 10.1. The molecule has 0 bridgehead atoms. The highest BCUT2D eigenvalue weighted by Gasteiger charge is 2.13. The molecule has 1 heterocycles. The molecule has 0 unspecified atom stereocenters. The molecule has 2 aromatic rings. The molecule has 1 aromatic carbocycles. The van der Waals surface area contributed by atoms with Gasteiger partial charge in [0.1, 0.15) is 0 Å². The number of hydrogen-bond acceptors (Lipinski definition) is 3. The van der Waals surface area contributed by atoms with Crippen molar-refractivity contribution in [3.05, 3.63) is 46.7 Å². The molecule has 2 rings (SSSR count). The first-order chi connectivity index (χ1) is 12.0. The van der Waals surface area contributed by atoms with E-state index in [0.717, 1.165) is 30.6 Å². The molecule has 2 N–H and O–H groups in total. The predicted molar refractivity (Wildman–Crippen MR) is 96.4 cm³/mol. The Morgan fingerprint density at radius 1 is 1.20 bits per heavy atom. The van der Waals surface area contributed by atoms with Crippen molar-refractivity contribution in [2.45, 2.75) is 39.0 Å². The fourth-order valence-corrected chi connectivity index (χ4v) is 2.69. The second-order valence-corrected chi connectivity index (χ2v) is 6.31. The Morgan fingerprint density at radius 2 is 1.96 bits per heavy atom. The van der Waals surface area contributed by atoms with Crippen LogP contribution in [0.2, 0.25) is 5.02 Å². The number of nitrogens with one attached hydrogen (secondary N) is 1. The average Bonchev–Trinajstić information content (AvgIpc) is 2.95. The van der Waals surface area contributed by atoms with Gasteiger partial charge in [-0.05, 0) is 44.0 Å². The van der Waals surface area contributed by atoms with Crippen molar-refractivity contribution < 1.29 is 14.7 Å². The minimum absolute atomic E-state index is 0.201. The Balaban J connectivity index is 1.83. The van der Waals surface area contributed by atoms with E-state index in [-0.39, 0.29) is 12.3 Å². The van der Waals surface area contributed by atoms with E-state index in [0.29, 0.717) is 23.7 Å². The summed E-state index contributed by atoms with van der Waals surface area (Å²) in [5, 5.41) is 16.4. The lowest BCUT2D eigenvalue weighted by molar-refractivity contribution is -0.137. The number of halogens is 1. The summed E-state index contributed by atoms with van der Waals surface area (Å²) >= 11 is 6.00. The van der Waals surface area contributed by atoms with E-state index < -0.39 is 5.97 Å². The maximum Gasteiger partial charge on any atom is 0.303 e. The number of nitrogens with zero attached hydrogens (tertiary/aromatic N) is 2. The first-order valence-corrected chi connectivity index (χ1v) is 8.68. The number of rotatable bonds is 9. The normalized spacial score (nSPS) is 10.6. The van der Waals surface area contributed by atoms with Crippen molar-refractivity contribution in [1.82, 2.24) is 15.1 Å². The van der Waals surface area contributed by atoms with Gasteiger partial charge in [-0.3, -0.25) is 9.59 Å². The van der Waals surface area contributed by atoms with Crippen molar-refractivity contribution in [2.24, 2.45) is 0 Å². The van der Waals surface area contributed by atoms with Gasteiger partial charge in [0.25, 0.3) is 5.91 Å². The number of benzene rings is 1. The molecule has 0 saturated heterocycles. The minimum atomic E-state index is -0.765. The highest BCUT2D eigenvalue weighted by molar-refractivity contribution is 6.30. The molecular weight excluding hydrogens is 342 g/mol. The van der Waals surface area contributed by atoms with Gasteiger partial charge in [0.05, 0.1) is 5.69 Å². The number of aryl methyl sites for hydroxylation is 1. The Labute approximate surface area is 151 Å². The molecule has 0 radical (unpaired) electrons. The van der Waals surface area contributed by atoms with Gasteiger partial charge in [0.2, 0.25) is 0 Å². The number of unbranched alkanes of at least 4 members (excludes halogenated alkanes) is 3. The molecule has 6 nitrogen and oxygen atoms in total. The second-order valence-electron chi connectivity index (χ2n) is 5.88. The molecular formula is C18H22ClN3O3. The van der Waals surface area contributed by atoms with Gasteiger partial charge in [-0.1, -0.05) is 30.5 Å². The Bertz CT molecular complexity index is 743. The average molecular weight is 364 g/mol. The molecule has 0 atom stereocenters. The van der Waals surface area contributed by atoms with Crippen LogP contribution in [0, 0.1) is 6.92 Å². The molecule has 7 heteroatoms. The SMILES string of the molecule is Cc1cc(C(=O)NCCCCCCC(=O)O)nn1-c1cccc(Cl)c1. The van der Waals surface area contributed by atoms with Crippen LogP contribution in [0.4, 0.5) is 0 Å². The van der Waals surface area contributed by atoms with Crippen molar-refractivity contribution >= 4 is 23.5 Å². The monoisotopic (exact) mass is 363 g/mol. The molecule has 1 amide bonds. The zero-order valence-electron chi connectivity index (χ0n) is 14.2. The Kier molecular flexibility index (Phi) is 7.01. The number of hydrogen-bond donors (Lipinski definition) is 2. The van der Waals surface area contributed by atoms with E-state index in [1.54, 1.807) is 22.9 Å². The van der Waals surface area contributed by atoms with Crippen LogP contribution in [-0.4, -0.2) is 33.3 Å². The summed E-state index contributed by atoms with van der Waals surface area (Å²) in [6.07, 6.45) is 3.44. The third-order valence-corrected chi connectivity index (χ3v) is 4.01. The zero-order chi connectivity index (χ0) is 18.2. The molecule has 0 aliphatic carbocycles. The lowest BCUT2D eigenvalue weighted by Crippen LogP contribution is -2.25. The number of aromatic nitrogens is 2. The van der Waals surface area contributed by atoms with E-state index >= 15 is 0 Å². The van der Waals surface area contributed by atoms with E-state index in [4.69, 9.17) is 16.7 Å². The van der Waals surface area contributed by atoms with Gasteiger partial charge in [0.15, 0.2) is 5.69 Å². The Hall–Kier alpha value is -2.34. The van der Waals surface area contributed by atoms with Crippen molar-refractivity contribution in [3.63, 3.8) is 0 Å².